The van der Waals surface area contributed by atoms with Gasteiger partial charge in [-0.05, 0) is 18.6 Å². The van der Waals surface area contributed by atoms with E-state index in [9.17, 15) is 13.6 Å². The lowest BCUT2D eigenvalue weighted by Crippen LogP contribution is -2.17. The Hall–Kier alpha value is -2.03. The van der Waals surface area contributed by atoms with Crippen LogP contribution in [0.1, 0.15) is 22.8 Å². The minimum Gasteiger partial charge on any atom is -0.298 e. The van der Waals surface area contributed by atoms with Crippen molar-refractivity contribution in [3.63, 3.8) is 0 Å². The van der Waals surface area contributed by atoms with Crippen molar-refractivity contribution in [3.8, 4) is 0 Å². The summed E-state index contributed by atoms with van der Waals surface area (Å²) < 4.78 is 28.6. The van der Waals surface area contributed by atoms with Gasteiger partial charge in [0.2, 0.25) is 0 Å². The van der Waals surface area contributed by atoms with Crippen molar-refractivity contribution in [1.29, 1.82) is 0 Å². The van der Waals surface area contributed by atoms with E-state index in [0.717, 1.165) is 0 Å². The molecular weight excluding hydrogens is 234 g/mol. The Morgan fingerprint density at radius 2 is 2.06 bits per heavy atom. The minimum absolute atomic E-state index is 0.208. The predicted octanol–water partition coefficient (Wildman–Crippen LogP) is 4.28. The fourth-order valence-corrected chi connectivity index (χ4v) is 1.60. The van der Waals surface area contributed by atoms with E-state index < -0.39 is 5.92 Å². The van der Waals surface area contributed by atoms with Crippen LogP contribution in [0.3, 0.4) is 0 Å². The summed E-state index contributed by atoms with van der Waals surface area (Å²) in [5.74, 6) is -3.20. The smallest absolute Gasteiger partial charge is 0.298 e. The maximum atomic E-state index is 14.3. The third kappa shape index (κ3) is 2.80. The summed E-state index contributed by atoms with van der Waals surface area (Å²) in [5.41, 5.74) is 0.0343. The highest BCUT2D eigenvalue weighted by Crippen LogP contribution is 2.39. The maximum absolute atomic E-state index is 14.3. The Morgan fingerprint density at radius 3 is 2.56 bits per heavy atom. The third-order valence-electron chi connectivity index (χ3n) is 2.47. The van der Waals surface area contributed by atoms with E-state index in [2.05, 4.69) is 13.2 Å². The number of carbonyl (C=O) groups is 1. The normalized spacial score (nSPS) is 12.1. The van der Waals surface area contributed by atoms with E-state index in [1.807, 2.05) is 0 Å². The van der Waals surface area contributed by atoms with E-state index in [1.54, 1.807) is 0 Å². The molecule has 0 bridgehead atoms. The van der Waals surface area contributed by atoms with Gasteiger partial charge in [0.25, 0.3) is 5.92 Å². The number of allylic oxidation sites excluding steroid dienone is 4. The SMILES string of the molecule is C=C/C=C(\C(=C)C)C(F)(F)c1cccc(C=O)c1. The van der Waals surface area contributed by atoms with Crippen LogP contribution in [0.15, 0.2) is 60.7 Å². The van der Waals surface area contributed by atoms with Gasteiger partial charge in [0, 0.05) is 16.7 Å². The summed E-state index contributed by atoms with van der Waals surface area (Å²) >= 11 is 0. The maximum Gasteiger partial charge on any atom is 0.298 e. The standard InChI is InChI=1S/C15H14F2O/c1-4-6-14(11(2)3)15(16,17)13-8-5-7-12(9-13)10-18/h4-10H,1-2H2,3H3/b14-6+. The molecule has 0 aromatic heterocycles. The zero-order valence-corrected chi connectivity index (χ0v) is 10.1. The Balaban J connectivity index is 3.34. The number of hydrogen-bond acceptors (Lipinski definition) is 1. The molecule has 18 heavy (non-hydrogen) atoms. The second-order valence-electron chi connectivity index (χ2n) is 3.91. The molecule has 94 valence electrons. The van der Waals surface area contributed by atoms with Crippen molar-refractivity contribution in [2.75, 3.05) is 0 Å². The molecule has 0 N–H and O–H groups in total. The first kappa shape index (κ1) is 14.0. The second kappa shape index (κ2) is 5.54. The van der Waals surface area contributed by atoms with Gasteiger partial charge in [0.15, 0.2) is 0 Å². The van der Waals surface area contributed by atoms with Gasteiger partial charge in [-0.15, -0.1) is 0 Å². The summed E-state index contributed by atoms with van der Waals surface area (Å²) in [6.07, 6.45) is 3.06. The molecule has 1 nitrogen and oxygen atoms in total. The van der Waals surface area contributed by atoms with Gasteiger partial charge in [0.1, 0.15) is 6.29 Å². The molecule has 0 aliphatic rings. The Kier molecular flexibility index (Phi) is 4.32. The topological polar surface area (TPSA) is 17.1 Å². The number of carbonyl (C=O) groups excluding carboxylic acids is 1. The van der Waals surface area contributed by atoms with Crippen LogP contribution in [-0.2, 0) is 5.92 Å². The number of halogens is 2. The van der Waals surface area contributed by atoms with E-state index in [-0.39, 0.29) is 22.3 Å². The fraction of sp³-hybridized carbons (Fsp3) is 0.133. The van der Waals surface area contributed by atoms with Gasteiger partial charge in [0.05, 0.1) is 0 Å². The summed E-state index contributed by atoms with van der Waals surface area (Å²) in [4.78, 5) is 10.6. The number of rotatable bonds is 5. The molecule has 0 radical (unpaired) electrons. The van der Waals surface area contributed by atoms with Crippen molar-refractivity contribution >= 4 is 6.29 Å². The Morgan fingerprint density at radius 1 is 1.39 bits per heavy atom. The van der Waals surface area contributed by atoms with Crippen molar-refractivity contribution in [1.82, 2.24) is 0 Å². The van der Waals surface area contributed by atoms with Gasteiger partial charge in [-0.2, -0.15) is 8.78 Å². The van der Waals surface area contributed by atoms with Crippen LogP contribution < -0.4 is 0 Å². The largest absolute Gasteiger partial charge is 0.298 e. The van der Waals surface area contributed by atoms with E-state index in [4.69, 9.17) is 0 Å². The van der Waals surface area contributed by atoms with E-state index in [0.29, 0.717) is 6.29 Å². The molecule has 0 saturated heterocycles. The van der Waals surface area contributed by atoms with Crippen LogP contribution >= 0.6 is 0 Å². The van der Waals surface area contributed by atoms with Crippen LogP contribution in [-0.4, -0.2) is 6.29 Å². The quantitative estimate of drug-likeness (QED) is 0.561. The number of aldehydes is 1. The fourth-order valence-electron chi connectivity index (χ4n) is 1.60. The van der Waals surface area contributed by atoms with Crippen LogP contribution in [0.2, 0.25) is 0 Å². The van der Waals surface area contributed by atoms with Crippen molar-refractivity contribution in [2.24, 2.45) is 0 Å². The first-order chi connectivity index (χ1) is 8.43. The molecule has 0 fully saturated rings. The molecule has 0 aliphatic heterocycles. The second-order valence-corrected chi connectivity index (χ2v) is 3.91. The number of alkyl halides is 2. The first-order valence-electron chi connectivity index (χ1n) is 5.36. The third-order valence-corrected chi connectivity index (χ3v) is 2.47. The highest BCUT2D eigenvalue weighted by molar-refractivity contribution is 5.75. The molecule has 3 heteroatoms. The van der Waals surface area contributed by atoms with Gasteiger partial charge in [-0.1, -0.05) is 43.5 Å². The molecule has 1 rings (SSSR count). The van der Waals surface area contributed by atoms with Gasteiger partial charge in [-0.25, -0.2) is 0 Å². The van der Waals surface area contributed by atoms with Crippen molar-refractivity contribution < 1.29 is 13.6 Å². The monoisotopic (exact) mass is 248 g/mol. The molecule has 1 aromatic carbocycles. The van der Waals surface area contributed by atoms with Gasteiger partial charge in [-0.3, -0.25) is 4.79 Å². The zero-order valence-electron chi connectivity index (χ0n) is 10.1. The lowest BCUT2D eigenvalue weighted by atomic mass is 9.94. The average Bonchev–Trinajstić information content (AvgIpc) is 2.35. The molecule has 0 amide bonds. The molecule has 0 spiro atoms. The lowest BCUT2D eigenvalue weighted by Gasteiger charge is -2.20. The zero-order chi connectivity index (χ0) is 13.8. The Labute approximate surface area is 105 Å². The average molecular weight is 248 g/mol. The van der Waals surface area contributed by atoms with Gasteiger partial charge >= 0.3 is 0 Å². The molecule has 0 atom stereocenters. The molecule has 0 saturated carbocycles. The molecule has 0 unspecified atom stereocenters. The van der Waals surface area contributed by atoms with Crippen molar-refractivity contribution in [2.45, 2.75) is 12.8 Å². The molecular formula is C15H14F2O. The summed E-state index contributed by atoms with van der Waals surface area (Å²) in [7, 11) is 0. The molecule has 1 aromatic rings. The van der Waals surface area contributed by atoms with Crippen LogP contribution in [0.25, 0.3) is 0 Å². The minimum atomic E-state index is -3.20. The van der Waals surface area contributed by atoms with Gasteiger partial charge < -0.3 is 0 Å². The summed E-state index contributed by atoms with van der Waals surface area (Å²) in [5, 5.41) is 0. The van der Waals surface area contributed by atoms with E-state index in [1.165, 1.54) is 43.3 Å². The summed E-state index contributed by atoms with van der Waals surface area (Å²) in [6.45, 7) is 8.47. The van der Waals surface area contributed by atoms with Crippen LogP contribution in [0.4, 0.5) is 8.78 Å². The van der Waals surface area contributed by atoms with Crippen LogP contribution in [0, 0.1) is 0 Å². The van der Waals surface area contributed by atoms with Crippen LogP contribution in [0.5, 0.6) is 0 Å². The molecule has 0 heterocycles. The first-order valence-corrected chi connectivity index (χ1v) is 5.36. The number of benzene rings is 1. The predicted molar refractivity (Wildman–Crippen MR) is 68.8 cm³/mol. The lowest BCUT2D eigenvalue weighted by molar-refractivity contribution is 0.0405. The number of hydrogen-bond donors (Lipinski definition) is 0. The molecule has 0 aliphatic carbocycles. The van der Waals surface area contributed by atoms with E-state index >= 15 is 0 Å². The van der Waals surface area contributed by atoms with Crippen molar-refractivity contribution in [3.05, 3.63) is 71.8 Å². The Bertz CT molecular complexity index is 513. The highest BCUT2D eigenvalue weighted by Gasteiger charge is 2.36. The summed E-state index contributed by atoms with van der Waals surface area (Å²) in [6, 6.07) is 5.36. The highest BCUT2D eigenvalue weighted by atomic mass is 19.3.